The van der Waals surface area contributed by atoms with Crippen molar-refractivity contribution in [3.05, 3.63) is 35.4 Å². The molecule has 1 nitrogen and oxygen atoms in total. The average Bonchev–Trinajstić information content (AvgIpc) is 2.77. The molecule has 2 atom stereocenters. The second kappa shape index (κ2) is 5.58. The Morgan fingerprint density at radius 3 is 2.88 bits per heavy atom. The summed E-state index contributed by atoms with van der Waals surface area (Å²) in [5, 5.41) is 3.36. The van der Waals surface area contributed by atoms with Gasteiger partial charge in [0.2, 0.25) is 0 Å². The van der Waals surface area contributed by atoms with Crippen LogP contribution in [0.15, 0.2) is 18.2 Å². The molecule has 94 valence electrons. The molecule has 1 aromatic carbocycles. The number of halogens is 2. The van der Waals surface area contributed by atoms with Crippen molar-refractivity contribution in [2.24, 2.45) is 5.92 Å². The molecule has 0 heterocycles. The molecule has 1 aliphatic carbocycles. The lowest BCUT2D eigenvalue weighted by atomic mass is 10.0. The monoisotopic (exact) mass is 239 g/mol. The quantitative estimate of drug-likeness (QED) is 0.846. The Morgan fingerprint density at radius 2 is 2.12 bits per heavy atom. The van der Waals surface area contributed by atoms with Crippen molar-refractivity contribution in [2.45, 2.75) is 45.2 Å². The van der Waals surface area contributed by atoms with Crippen molar-refractivity contribution < 1.29 is 8.78 Å². The van der Waals surface area contributed by atoms with Crippen molar-refractivity contribution in [1.82, 2.24) is 5.32 Å². The third kappa shape index (κ3) is 3.03. The van der Waals surface area contributed by atoms with Gasteiger partial charge in [-0.3, -0.25) is 0 Å². The van der Waals surface area contributed by atoms with Gasteiger partial charge in [-0.2, -0.15) is 0 Å². The van der Waals surface area contributed by atoms with Gasteiger partial charge in [-0.15, -0.1) is 0 Å². The van der Waals surface area contributed by atoms with Crippen LogP contribution in [0.4, 0.5) is 8.78 Å². The van der Waals surface area contributed by atoms with Gasteiger partial charge in [-0.25, -0.2) is 8.78 Å². The molecule has 1 fully saturated rings. The number of hydrogen-bond acceptors (Lipinski definition) is 1. The summed E-state index contributed by atoms with van der Waals surface area (Å²) >= 11 is 0. The van der Waals surface area contributed by atoms with Crippen molar-refractivity contribution in [3.63, 3.8) is 0 Å². The van der Waals surface area contributed by atoms with E-state index in [1.165, 1.54) is 25.0 Å². The van der Waals surface area contributed by atoms with Crippen LogP contribution >= 0.6 is 0 Å². The van der Waals surface area contributed by atoms with Crippen LogP contribution in [0.1, 0.15) is 38.2 Å². The molecule has 2 unspecified atom stereocenters. The molecule has 0 radical (unpaired) electrons. The van der Waals surface area contributed by atoms with Crippen molar-refractivity contribution in [3.8, 4) is 0 Å². The number of rotatable bonds is 4. The summed E-state index contributed by atoms with van der Waals surface area (Å²) in [5.41, 5.74) is 0.423. The molecule has 3 heteroatoms. The zero-order valence-electron chi connectivity index (χ0n) is 10.2. The topological polar surface area (TPSA) is 12.0 Å². The first-order valence-electron chi connectivity index (χ1n) is 6.38. The molecule has 1 aromatic rings. The third-order valence-electron chi connectivity index (χ3n) is 3.75. The Kier molecular flexibility index (Phi) is 4.11. The van der Waals surface area contributed by atoms with E-state index in [0.29, 0.717) is 24.1 Å². The smallest absolute Gasteiger partial charge is 0.127 e. The third-order valence-corrected chi connectivity index (χ3v) is 3.75. The molecule has 1 N–H and O–H groups in total. The highest BCUT2D eigenvalue weighted by atomic mass is 19.1. The minimum Gasteiger partial charge on any atom is -0.310 e. The molecule has 1 aliphatic rings. The van der Waals surface area contributed by atoms with Gasteiger partial charge in [0.05, 0.1) is 0 Å². The fourth-order valence-electron chi connectivity index (χ4n) is 2.71. The molecule has 0 amide bonds. The van der Waals surface area contributed by atoms with Crippen LogP contribution in [-0.4, -0.2) is 6.04 Å². The zero-order valence-corrected chi connectivity index (χ0v) is 10.2. The predicted molar refractivity (Wildman–Crippen MR) is 64.6 cm³/mol. The largest absolute Gasteiger partial charge is 0.310 e. The molecule has 0 aromatic heterocycles. The molecule has 0 spiro atoms. The standard InChI is InChI=1S/C14H19F2N/c1-2-10-4-3-5-14(10)17-9-11-8-12(15)6-7-13(11)16/h6-8,10,14,17H,2-5,9H2,1H3. The lowest BCUT2D eigenvalue weighted by Gasteiger charge is -2.19. The highest BCUT2D eigenvalue weighted by Gasteiger charge is 2.25. The lowest BCUT2D eigenvalue weighted by Crippen LogP contribution is -2.31. The predicted octanol–water partition coefficient (Wildman–Crippen LogP) is 3.63. The number of nitrogens with one attached hydrogen (secondary N) is 1. The molecular weight excluding hydrogens is 220 g/mol. The van der Waals surface area contributed by atoms with E-state index in [9.17, 15) is 8.78 Å². The van der Waals surface area contributed by atoms with Gasteiger partial charge in [0.1, 0.15) is 11.6 Å². The minimum absolute atomic E-state index is 0.329. The first kappa shape index (κ1) is 12.5. The Morgan fingerprint density at radius 1 is 1.29 bits per heavy atom. The van der Waals surface area contributed by atoms with Gasteiger partial charge in [0.15, 0.2) is 0 Å². The van der Waals surface area contributed by atoms with Crippen LogP contribution in [0, 0.1) is 17.6 Å². The second-order valence-electron chi connectivity index (χ2n) is 4.82. The van der Waals surface area contributed by atoms with Crippen LogP contribution in [0.3, 0.4) is 0 Å². The maximum Gasteiger partial charge on any atom is 0.127 e. The van der Waals surface area contributed by atoms with E-state index in [2.05, 4.69) is 12.2 Å². The molecule has 0 saturated heterocycles. The van der Waals surface area contributed by atoms with E-state index in [1.807, 2.05) is 0 Å². The van der Waals surface area contributed by atoms with Gasteiger partial charge in [0, 0.05) is 18.2 Å². The van der Waals surface area contributed by atoms with Crippen molar-refractivity contribution in [1.29, 1.82) is 0 Å². The summed E-state index contributed by atoms with van der Waals surface area (Å²) in [5.74, 6) is -0.0155. The summed E-state index contributed by atoms with van der Waals surface area (Å²) in [7, 11) is 0. The summed E-state index contributed by atoms with van der Waals surface area (Å²) < 4.78 is 26.4. The van der Waals surface area contributed by atoms with Gasteiger partial charge in [-0.1, -0.05) is 19.8 Å². The fourth-order valence-corrected chi connectivity index (χ4v) is 2.71. The van der Waals surface area contributed by atoms with Crippen molar-refractivity contribution >= 4 is 0 Å². The van der Waals surface area contributed by atoms with Gasteiger partial charge < -0.3 is 5.32 Å². The summed E-state index contributed by atoms with van der Waals surface area (Å²) in [6.45, 7) is 2.61. The normalized spacial score (nSPS) is 24.2. The first-order valence-corrected chi connectivity index (χ1v) is 6.38. The highest BCUT2D eigenvalue weighted by Crippen LogP contribution is 2.28. The zero-order chi connectivity index (χ0) is 12.3. The van der Waals surface area contributed by atoms with Gasteiger partial charge >= 0.3 is 0 Å². The van der Waals surface area contributed by atoms with Gasteiger partial charge in [-0.05, 0) is 37.0 Å². The minimum atomic E-state index is -0.373. The number of hydrogen-bond donors (Lipinski definition) is 1. The van der Waals surface area contributed by atoms with Crippen LogP contribution in [0.5, 0.6) is 0 Å². The maximum atomic E-state index is 13.4. The molecule has 0 aliphatic heterocycles. The van der Waals surface area contributed by atoms with Crippen molar-refractivity contribution in [2.75, 3.05) is 0 Å². The van der Waals surface area contributed by atoms with Crippen LogP contribution in [0.25, 0.3) is 0 Å². The van der Waals surface area contributed by atoms with E-state index in [-0.39, 0.29) is 11.6 Å². The summed E-state index contributed by atoms with van der Waals surface area (Å²) in [4.78, 5) is 0. The fraction of sp³-hybridized carbons (Fsp3) is 0.571. The Bertz CT molecular complexity index is 378. The van der Waals surface area contributed by atoms with Crippen LogP contribution in [-0.2, 0) is 6.54 Å². The summed E-state index contributed by atoms with van der Waals surface area (Å²) in [6, 6.07) is 4.09. The van der Waals surface area contributed by atoms with Crippen LogP contribution < -0.4 is 5.32 Å². The number of benzene rings is 1. The lowest BCUT2D eigenvalue weighted by molar-refractivity contribution is 0.386. The van der Waals surface area contributed by atoms with E-state index < -0.39 is 0 Å². The molecular formula is C14H19F2N. The molecule has 17 heavy (non-hydrogen) atoms. The van der Waals surface area contributed by atoms with E-state index in [0.717, 1.165) is 18.9 Å². The van der Waals surface area contributed by atoms with Gasteiger partial charge in [0.25, 0.3) is 0 Å². The molecule has 1 saturated carbocycles. The Labute approximate surface area is 101 Å². The Balaban J connectivity index is 1.95. The van der Waals surface area contributed by atoms with E-state index in [1.54, 1.807) is 0 Å². The highest BCUT2D eigenvalue weighted by molar-refractivity contribution is 5.18. The average molecular weight is 239 g/mol. The van der Waals surface area contributed by atoms with E-state index in [4.69, 9.17) is 0 Å². The first-order chi connectivity index (χ1) is 8.20. The second-order valence-corrected chi connectivity index (χ2v) is 4.82. The van der Waals surface area contributed by atoms with Crippen LogP contribution in [0.2, 0.25) is 0 Å². The van der Waals surface area contributed by atoms with E-state index >= 15 is 0 Å². The SMILES string of the molecule is CCC1CCCC1NCc1cc(F)ccc1F. The molecule has 2 rings (SSSR count). The molecule has 0 bridgehead atoms. The Hall–Kier alpha value is -0.960. The summed E-state index contributed by atoms with van der Waals surface area (Å²) in [6.07, 6.45) is 4.79. The maximum absolute atomic E-state index is 13.4.